The van der Waals surface area contributed by atoms with E-state index >= 15 is 17.6 Å². The Morgan fingerprint density at radius 2 is 1.00 bits per heavy atom. The van der Waals surface area contributed by atoms with Gasteiger partial charge >= 0.3 is 35.6 Å². The predicted molar refractivity (Wildman–Crippen MR) is 159 cm³/mol. The molecular weight excluding hydrogens is 624 g/mol. The molecule has 2 aliphatic rings. The van der Waals surface area contributed by atoms with Gasteiger partial charge in [0, 0.05) is 9.75 Å². The molecule has 2 heterocycles. The number of esters is 2. The van der Waals surface area contributed by atoms with Crippen molar-refractivity contribution in [1.29, 1.82) is 0 Å². The van der Waals surface area contributed by atoms with Crippen molar-refractivity contribution >= 4 is 56.4 Å². The molecule has 0 fully saturated rings. The maximum Gasteiger partial charge on any atom is 0.396 e. The van der Waals surface area contributed by atoms with Gasteiger partial charge in [-0.05, 0) is 75.3 Å². The Balaban J connectivity index is 1.60. The zero-order valence-electron chi connectivity index (χ0n) is 24.7. The zero-order valence-corrected chi connectivity index (χ0v) is 26.3. The maximum absolute atomic E-state index is 15.2. The molecule has 2 N–H and O–H groups in total. The molecule has 2 aromatic rings. The van der Waals surface area contributed by atoms with E-state index in [1.807, 2.05) is 10.6 Å². The molecule has 0 aromatic carbocycles. The number of nitrogens with one attached hydrogen (secondary N) is 2. The second-order valence-electron chi connectivity index (χ2n) is 10.9. The molecule has 2 aromatic heterocycles. The Hall–Kier alpha value is -3.00. The second-order valence-corrected chi connectivity index (χ2v) is 13.1. The summed E-state index contributed by atoms with van der Waals surface area (Å²) >= 11 is 1.74. The SMILES string of the molecule is CCCOC(=O)c1c(NC(=O)C(F)(F)C(F)(F)C(=O)Nc2sc3c(c2C(=O)OCCC)CCCCC3)sc2c1CCCCC2. The first-order chi connectivity index (χ1) is 20.9. The standard InChI is InChI=1S/C30H36F4N2O6S2/c1-3-15-41-25(37)21-17-11-7-5-9-13-19(17)43-23(21)35-27(39)29(31,32)30(33,34)28(40)36-24-22(26(38)42-16-4-2)18-12-8-6-10-14-20(18)44-24/h3-16H2,1-2H3,(H,35,39)(H,36,40). The number of aryl methyl sites for hydroxylation is 2. The highest BCUT2D eigenvalue weighted by atomic mass is 32.1. The minimum absolute atomic E-state index is 0.0470. The lowest BCUT2D eigenvalue weighted by atomic mass is 10.0. The quantitative estimate of drug-likeness (QED) is 0.148. The molecule has 2 aliphatic carbocycles. The minimum Gasteiger partial charge on any atom is -0.462 e. The van der Waals surface area contributed by atoms with Gasteiger partial charge in [-0.25, -0.2) is 9.59 Å². The summed E-state index contributed by atoms with van der Waals surface area (Å²) in [6.07, 6.45) is 7.71. The van der Waals surface area contributed by atoms with Crippen LogP contribution in [0.1, 0.15) is 107 Å². The van der Waals surface area contributed by atoms with Crippen molar-refractivity contribution < 1.29 is 46.2 Å². The largest absolute Gasteiger partial charge is 0.462 e. The molecule has 0 bridgehead atoms. The first-order valence-corrected chi connectivity index (χ1v) is 16.6. The molecule has 44 heavy (non-hydrogen) atoms. The molecule has 0 aliphatic heterocycles. The molecule has 8 nitrogen and oxygen atoms in total. The van der Waals surface area contributed by atoms with Gasteiger partial charge < -0.3 is 20.1 Å². The van der Waals surface area contributed by atoms with Crippen LogP contribution < -0.4 is 10.6 Å². The minimum atomic E-state index is -5.51. The van der Waals surface area contributed by atoms with E-state index in [1.54, 1.807) is 13.8 Å². The summed E-state index contributed by atoms with van der Waals surface area (Å²) in [5.74, 6) is -17.6. The number of carbonyl (C=O) groups is 4. The van der Waals surface area contributed by atoms with Gasteiger partial charge in [0.15, 0.2) is 0 Å². The lowest BCUT2D eigenvalue weighted by molar-refractivity contribution is -0.204. The van der Waals surface area contributed by atoms with Crippen molar-refractivity contribution in [2.24, 2.45) is 0 Å². The number of alkyl halides is 4. The van der Waals surface area contributed by atoms with Crippen LogP contribution in [0.3, 0.4) is 0 Å². The molecule has 4 rings (SSSR count). The third-order valence-electron chi connectivity index (χ3n) is 7.54. The number of thiophene rings is 2. The van der Waals surface area contributed by atoms with E-state index in [4.69, 9.17) is 9.47 Å². The second kappa shape index (κ2) is 14.4. The van der Waals surface area contributed by atoms with E-state index in [2.05, 4.69) is 0 Å². The fourth-order valence-corrected chi connectivity index (χ4v) is 7.82. The number of ether oxygens (including phenoxy) is 2. The number of hydrogen-bond donors (Lipinski definition) is 2. The van der Waals surface area contributed by atoms with Crippen molar-refractivity contribution in [2.75, 3.05) is 23.8 Å². The van der Waals surface area contributed by atoms with Crippen LogP contribution in [0.2, 0.25) is 0 Å². The molecule has 0 spiro atoms. The van der Waals surface area contributed by atoms with Gasteiger partial charge in [-0.15, -0.1) is 22.7 Å². The number of rotatable bonds is 11. The number of halogens is 4. The Bertz CT molecular complexity index is 1300. The van der Waals surface area contributed by atoms with Crippen LogP contribution in [0.5, 0.6) is 0 Å². The lowest BCUT2D eigenvalue weighted by Crippen LogP contribution is -2.56. The van der Waals surface area contributed by atoms with Gasteiger partial charge in [0.05, 0.1) is 24.3 Å². The van der Waals surface area contributed by atoms with E-state index in [0.29, 0.717) is 59.4 Å². The molecule has 0 saturated carbocycles. The average molecular weight is 661 g/mol. The maximum atomic E-state index is 15.2. The molecule has 0 radical (unpaired) electrons. The van der Waals surface area contributed by atoms with E-state index < -0.39 is 35.6 Å². The van der Waals surface area contributed by atoms with Crippen LogP contribution in [0.25, 0.3) is 0 Å². The fourth-order valence-electron chi connectivity index (χ4n) is 5.28. The summed E-state index contributed by atoms with van der Waals surface area (Å²) < 4.78 is 71.2. The van der Waals surface area contributed by atoms with Crippen molar-refractivity contribution in [3.8, 4) is 0 Å². The summed E-state index contributed by atoms with van der Waals surface area (Å²) in [6, 6.07) is 0. The van der Waals surface area contributed by atoms with E-state index in [1.165, 1.54) is 0 Å². The molecule has 2 amide bonds. The Labute approximate surface area is 260 Å². The number of fused-ring (bicyclic) bond motifs is 2. The van der Waals surface area contributed by atoms with Crippen LogP contribution in [0.15, 0.2) is 0 Å². The first-order valence-electron chi connectivity index (χ1n) is 15.0. The Morgan fingerprint density at radius 1 is 0.636 bits per heavy atom. The van der Waals surface area contributed by atoms with Crippen molar-refractivity contribution in [2.45, 2.75) is 103 Å². The molecule has 14 heteroatoms. The third-order valence-corrected chi connectivity index (χ3v) is 9.96. The summed E-state index contributed by atoms with van der Waals surface area (Å²) in [6.45, 7) is 3.63. The normalized spacial score (nSPS) is 15.3. The Kier molecular flexibility index (Phi) is 11.1. The van der Waals surface area contributed by atoms with E-state index in [0.717, 1.165) is 61.2 Å². The zero-order chi connectivity index (χ0) is 32.1. The third kappa shape index (κ3) is 6.95. The highest BCUT2D eigenvalue weighted by molar-refractivity contribution is 7.17. The lowest BCUT2D eigenvalue weighted by Gasteiger charge is -2.24. The van der Waals surface area contributed by atoms with Gasteiger partial charge in [0.2, 0.25) is 0 Å². The summed E-state index contributed by atoms with van der Waals surface area (Å²) in [5.41, 5.74) is 0.869. The summed E-state index contributed by atoms with van der Waals surface area (Å²) in [5, 5.41) is 2.98. The Morgan fingerprint density at radius 3 is 1.36 bits per heavy atom. The van der Waals surface area contributed by atoms with Crippen LogP contribution in [-0.2, 0) is 44.7 Å². The van der Waals surface area contributed by atoms with E-state index in [-0.39, 0.29) is 34.3 Å². The molecular formula is C30H36F4N2O6S2. The monoisotopic (exact) mass is 660 g/mol. The van der Waals surface area contributed by atoms with Crippen molar-refractivity contribution in [3.05, 3.63) is 32.0 Å². The van der Waals surface area contributed by atoms with Crippen LogP contribution >= 0.6 is 22.7 Å². The van der Waals surface area contributed by atoms with Gasteiger partial charge in [0.25, 0.3) is 0 Å². The van der Waals surface area contributed by atoms with Gasteiger partial charge in [-0.1, -0.05) is 26.7 Å². The summed E-state index contributed by atoms with van der Waals surface area (Å²) in [4.78, 5) is 52.6. The highest BCUT2D eigenvalue weighted by Crippen LogP contribution is 2.43. The number of amides is 2. The number of carbonyl (C=O) groups excluding carboxylic acids is 4. The van der Waals surface area contributed by atoms with Crippen molar-refractivity contribution in [1.82, 2.24) is 0 Å². The predicted octanol–water partition coefficient (Wildman–Crippen LogP) is 7.33. The molecule has 0 unspecified atom stereocenters. The van der Waals surface area contributed by atoms with Crippen LogP contribution in [-0.4, -0.2) is 48.8 Å². The van der Waals surface area contributed by atoms with E-state index in [9.17, 15) is 19.2 Å². The molecule has 242 valence electrons. The van der Waals surface area contributed by atoms with Gasteiger partial charge in [0.1, 0.15) is 10.0 Å². The van der Waals surface area contributed by atoms with Crippen LogP contribution in [0.4, 0.5) is 27.6 Å². The van der Waals surface area contributed by atoms with Gasteiger partial charge in [-0.3, -0.25) is 9.59 Å². The fraction of sp³-hybridized carbons (Fsp3) is 0.600. The number of anilines is 2. The summed E-state index contributed by atoms with van der Waals surface area (Å²) in [7, 11) is 0. The average Bonchev–Trinajstić information content (AvgIpc) is 3.27. The van der Waals surface area contributed by atoms with Crippen molar-refractivity contribution in [3.63, 3.8) is 0 Å². The molecule has 0 saturated heterocycles. The number of hydrogen-bond acceptors (Lipinski definition) is 8. The smallest absolute Gasteiger partial charge is 0.396 e. The topological polar surface area (TPSA) is 111 Å². The molecule has 0 atom stereocenters. The first kappa shape index (κ1) is 33.9. The van der Waals surface area contributed by atoms with Crippen LogP contribution in [0, 0.1) is 0 Å². The van der Waals surface area contributed by atoms with Gasteiger partial charge in [-0.2, -0.15) is 17.6 Å². The highest BCUT2D eigenvalue weighted by Gasteiger charge is 2.67.